The van der Waals surface area contributed by atoms with Crippen LogP contribution in [-0.2, 0) is 89.6 Å². The fourth-order valence-electron chi connectivity index (χ4n) is 11.1. The van der Waals surface area contributed by atoms with E-state index in [1.54, 1.807) is 31.2 Å². The lowest BCUT2D eigenvalue weighted by Crippen LogP contribution is -2.59. The number of likely N-dealkylation sites (tertiary alicyclic amines) is 1. The summed E-state index contributed by atoms with van der Waals surface area (Å²) in [4.78, 5) is 87.5. The number of nitrogens with one attached hydrogen (secondary N) is 3. The molecule has 480 valence electrons. The van der Waals surface area contributed by atoms with Gasteiger partial charge < -0.3 is 64.8 Å². The first-order chi connectivity index (χ1) is 42.3. The highest BCUT2D eigenvalue weighted by Gasteiger charge is 2.53. The first-order valence-electron chi connectivity index (χ1n) is 30.8. The predicted molar refractivity (Wildman–Crippen MR) is 328 cm³/mol. The molecule has 0 bridgehead atoms. The van der Waals surface area contributed by atoms with E-state index in [1.807, 2.05) is 62.4 Å². The summed E-state index contributed by atoms with van der Waals surface area (Å²) < 4.78 is 55.7. The number of carbonyl (C=O) groups is 6. The SMILES string of the molecule is Cc1ncsc1-c1ccc(CNC(=O)[C@@H]2C[C@@H](O)CN2C(=O)[C@@H](NC(=O)C2(F)CC2)C(C)(C)C)c(OCCOCCOCCOCCOCCOCCCc2ccc(CO[C@H](C)[C@H](CCC(N)=O)NC(=O)[C@@H]3Cc4cccc5c4N3C(=O)CCC5)cc2)c1. The summed E-state index contributed by atoms with van der Waals surface area (Å²) in [6.07, 6.45) is 3.28. The second-order valence-electron chi connectivity index (χ2n) is 24.2. The van der Waals surface area contributed by atoms with Gasteiger partial charge in [-0.1, -0.05) is 75.4 Å². The van der Waals surface area contributed by atoms with Gasteiger partial charge in [0.05, 0.1) is 106 Å². The van der Waals surface area contributed by atoms with Crippen LogP contribution in [0.5, 0.6) is 5.75 Å². The van der Waals surface area contributed by atoms with Crippen molar-refractivity contribution in [1.29, 1.82) is 0 Å². The van der Waals surface area contributed by atoms with Gasteiger partial charge in [0, 0.05) is 50.9 Å². The van der Waals surface area contributed by atoms with E-state index in [-0.39, 0.29) is 63.8 Å². The molecule has 0 unspecified atom stereocenters. The molecule has 6 N–H and O–H groups in total. The summed E-state index contributed by atoms with van der Waals surface area (Å²) in [6.45, 7) is 13.7. The number of halogens is 1. The van der Waals surface area contributed by atoms with Crippen molar-refractivity contribution in [3.63, 3.8) is 0 Å². The van der Waals surface area contributed by atoms with Crippen molar-refractivity contribution in [3.05, 3.63) is 99.7 Å². The quantitative estimate of drug-likeness (QED) is 0.0338. The van der Waals surface area contributed by atoms with E-state index in [1.165, 1.54) is 21.8 Å². The van der Waals surface area contributed by atoms with Crippen LogP contribution in [0.2, 0.25) is 0 Å². The average molecular weight is 1240 g/mol. The maximum atomic E-state index is 14.7. The van der Waals surface area contributed by atoms with E-state index in [2.05, 4.69) is 33.1 Å². The van der Waals surface area contributed by atoms with Gasteiger partial charge in [0.15, 0.2) is 5.67 Å². The van der Waals surface area contributed by atoms with Gasteiger partial charge in [-0.05, 0) is 98.1 Å². The fraction of sp³-hybridized carbons (Fsp3) is 0.585. The summed E-state index contributed by atoms with van der Waals surface area (Å²) in [5.41, 5.74) is 12.1. The summed E-state index contributed by atoms with van der Waals surface area (Å²) in [5.74, 6) is -2.12. The average Bonchev–Trinajstić information content (AvgIpc) is 1.71. The topological polar surface area (TPSA) is 269 Å². The third-order valence-electron chi connectivity index (χ3n) is 16.3. The van der Waals surface area contributed by atoms with Crippen molar-refractivity contribution in [2.24, 2.45) is 11.1 Å². The van der Waals surface area contributed by atoms with Gasteiger partial charge in [0.25, 0.3) is 5.91 Å². The highest BCUT2D eigenvalue weighted by atomic mass is 32.1. The van der Waals surface area contributed by atoms with Crippen LogP contribution in [0.15, 0.2) is 66.2 Å². The number of amides is 6. The zero-order chi connectivity index (χ0) is 62.8. The molecule has 6 atom stereocenters. The fourth-order valence-corrected chi connectivity index (χ4v) is 11.9. The minimum Gasteiger partial charge on any atom is -0.491 e. The summed E-state index contributed by atoms with van der Waals surface area (Å²) in [7, 11) is 0. The molecule has 23 heteroatoms. The van der Waals surface area contributed by atoms with Crippen molar-refractivity contribution < 1.29 is 71.4 Å². The lowest BCUT2D eigenvalue weighted by atomic mass is 9.85. The van der Waals surface area contributed by atoms with Gasteiger partial charge in [-0.15, -0.1) is 11.3 Å². The minimum absolute atomic E-state index is 0.00878. The van der Waals surface area contributed by atoms with Crippen LogP contribution in [0.25, 0.3) is 10.4 Å². The Bertz CT molecular complexity index is 2990. The number of alkyl halides is 1. The number of nitrogens with two attached hydrogens (primary N) is 1. The number of ether oxygens (including phenoxy) is 7. The van der Waals surface area contributed by atoms with Crippen LogP contribution in [0.1, 0.15) is 113 Å². The van der Waals surface area contributed by atoms with Gasteiger partial charge in [-0.3, -0.25) is 33.7 Å². The molecule has 4 aliphatic rings. The highest BCUT2D eigenvalue weighted by Crippen LogP contribution is 2.41. The minimum atomic E-state index is -1.98. The molecule has 1 aromatic heterocycles. The Labute approximate surface area is 519 Å². The zero-order valence-electron chi connectivity index (χ0n) is 51.5. The number of aryl methyl sites for hydroxylation is 3. The van der Waals surface area contributed by atoms with E-state index in [0.717, 1.165) is 64.2 Å². The van der Waals surface area contributed by atoms with Crippen molar-refractivity contribution >= 4 is 52.5 Å². The van der Waals surface area contributed by atoms with Gasteiger partial charge in [-0.25, -0.2) is 9.37 Å². The third kappa shape index (κ3) is 19.0. The maximum absolute atomic E-state index is 14.7. The Kier molecular flexibility index (Phi) is 24.8. The van der Waals surface area contributed by atoms with Crippen molar-refractivity contribution in [2.75, 3.05) is 84.1 Å². The van der Waals surface area contributed by atoms with Crippen LogP contribution >= 0.6 is 11.3 Å². The van der Waals surface area contributed by atoms with E-state index >= 15 is 0 Å². The number of thiazole rings is 1. The van der Waals surface area contributed by atoms with Crippen LogP contribution in [0.3, 0.4) is 0 Å². The number of β-amino-alcohol motifs (C(OH)–C–C–N with tert-alkyl or cyclic N) is 1. The lowest BCUT2D eigenvalue weighted by molar-refractivity contribution is -0.145. The number of anilines is 1. The molecule has 1 saturated heterocycles. The molecule has 8 rings (SSSR count). The Morgan fingerprint density at radius 2 is 1.48 bits per heavy atom. The molecular weight excluding hydrogens is 1150 g/mol. The monoisotopic (exact) mass is 1240 g/mol. The molecular formula is C65H88FN7O14S. The number of hydrogen-bond acceptors (Lipinski definition) is 16. The van der Waals surface area contributed by atoms with Gasteiger partial charge in [0.2, 0.25) is 29.5 Å². The normalized spacial score (nSPS) is 18.7. The number of aromatic nitrogens is 1. The van der Waals surface area contributed by atoms with E-state index < -0.39 is 71.1 Å². The number of nitrogens with zero attached hydrogens (tertiary/aromatic N) is 3. The molecule has 3 aliphatic heterocycles. The summed E-state index contributed by atoms with van der Waals surface area (Å²) in [5, 5.41) is 19.3. The van der Waals surface area contributed by atoms with Crippen molar-refractivity contribution in [2.45, 2.75) is 160 Å². The number of benzene rings is 3. The van der Waals surface area contributed by atoms with Crippen molar-refractivity contribution in [1.82, 2.24) is 25.8 Å². The van der Waals surface area contributed by atoms with Crippen molar-refractivity contribution in [3.8, 4) is 16.2 Å². The van der Waals surface area contributed by atoms with E-state index in [9.17, 15) is 38.3 Å². The van der Waals surface area contributed by atoms with Gasteiger partial charge in [-0.2, -0.15) is 0 Å². The molecule has 0 radical (unpaired) electrons. The van der Waals surface area contributed by atoms with Gasteiger partial charge >= 0.3 is 0 Å². The largest absolute Gasteiger partial charge is 0.491 e. The second kappa shape index (κ2) is 32.3. The zero-order valence-corrected chi connectivity index (χ0v) is 52.3. The molecule has 88 heavy (non-hydrogen) atoms. The Morgan fingerprint density at radius 3 is 2.11 bits per heavy atom. The number of primary amides is 1. The van der Waals surface area contributed by atoms with Crippen LogP contribution in [0, 0.1) is 12.3 Å². The molecule has 4 aromatic rings. The molecule has 3 aromatic carbocycles. The van der Waals surface area contributed by atoms with Gasteiger partial charge in [0.1, 0.15) is 30.5 Å². The highest BCUT2D eigenvalue weighted by molar-refractivity contribution is 7.13. The predicted octanol–water partition coefficient (Wildman–Crippen LogP) is 5.77. The Balaban J connectivity index is 0.647. The Morgan fingerprint density at radius 1 is 0.830 bits per heavy atom. The smallest absolute Gasteiger partial charge is 0.258 e. The first-order valence-corrected chi connectivity index (χ1v) is 31.7. The standard InChI is InChI=1S/C65H88FN7O14S/c1-42-58(88-41-69-42)48-18-19-49(38-68-60(77)52-37-50(74)39-72(52)62(79)59(64(3,4)5)71-63(80)65(66)22-23-65)54(36-48)86-34-33-85-32-31-84-30-29-83-28-27-82-26-25-81-24-8-9-44-14-16-45(17-15-44)40-87-43(2)51(20-21-55(67)75)70-61(78)53-35-47-12-6-10-46-11-7-13-56(76)73(53)57(46)47/h6,10,12,14-19,36,41,43,50-53,59,74H,7-9,11,13,20-35,37-40H2,1-5H3,(H2,67,75)(H,68,77)(H,70,78)(H,71,80)/t43-,50-,51+,52+,53+,59-/m1/s1. The van der Waals surface area contributed by atoms with Crippen LogP contribution in [0.4, 0.5) is 10.1 Å². The summed E-state index contributed by atoms with van der Waals surface area (Å²) in [6, 6.07) is 16.6. The molecule has 0 spiro atoms. The van der Waals surface area contributed by atoms with Crippen LogP contribution < -0.4 is 31.3 Å². The molecule has 2 fully saturated rings. The molecule has 1 aliphatic carbocycles. The Hall–Kier alpha value is -6.44. The number of para-hydroxylation sites is 1. The number of hydrogen-bond donors (Lipinski definition) is 5. The first kappa shape index (κ1) is 67.5. The second-order valence-corrected chi connectivity index (χ2v) is 25.0. The summed E-state index contributed by atoms with van der Waals surface area (Å²) >= 11 is 1.50. The molecule has 4 heterocycles. The van der Waals surface area contributed by atoms with Crippen LogP contribution in [-0.4, -0.2) is 172 Å². The number of aliphatic hydroxyl groups is 1. The third-order valence-corrected chi connectivity index (χ3v) is 17.3. The van der Waals surface area contributed by atoms with E-state index in [0.29, 0.717) is 96.6 Å². The molecule has 6 amide bonds. The molecule has 1 saturated carbocycles. The lowest BCUT2D eigenvalue weighted by Gasteiger charge is -2.35. The number of rotatable bonds is 36. The number of aliphatic hydroxyl groups excluding tert-OH is 1. The number of carbonyl (C=O) groups excluding carboxylic acids is 6. The van der Waals surface area contributed by atoms with E-state index in [4.69, 9.17) is 38.9 Å². The maximum Gasteiger partial charge on any atom is 0.258 e. The molecule has 21 nitrogen and oxygen atoms in total.